The van der Waals surface area contributed by atoms with Crippen LogP contribution >= 0.6 is 0 Å². The van der Waals surface area contributed by atoms with Crippen molar-refractivity contribution in [2.45, 2.75) is 6.42 Å². The molecule has 0 unspecified atom stereocenters. The third-order valence-electron chi connectivity index (χ3n) is 1.71. The molecule has 1 aromatic carbocycles. The summed E-state index contributed by atoms with van der Waals surface area (Å²) in [6.45, 7) is 0.141. The van der Waals surface area contributed by atoms with Crippen LogP contribution < -0.4 is 0 Å². The first-order valence-corrected chi connectivity index (χ1v) is 3.90. The molecule has 0 spiro atoms. The van der Waals surface area contributed by atoms with Gasteiger partial charge >= 0.3 is 0 Å². The Morgan fingerprint density at radius 2 is 1.79 bits per heavy atom. The van der Waals surface area contributed by atoms with Crippen molar-refractivity contribution in [1.29, 1.82) is 0 Å². The highest BCUT2D eigenvalue weighted by Crippen LogP contribution is 2.32. The fraction of sp³-hybridized carbons (Fsp3) is 0.250. The van der Waals surface area contributed by atoms with E-state index in [2.05, 4.69) is 10.0 Å². The zero-order chi connectivity index (χ0) is 10.6. The lowest BCUT2D eigenvalue weighted by atomic mass is 10.1. The lowest BCUT2D eigenvalue weighted by molar-refractivity contribution is 0.419. The molecule has 0 aliphatic heterocycles. The number of benzene rings is 1. The number of hydrogen-bond acceptors (Lipinski definition) is 4. The van der Waals surface area contributed by atoms with Crippen LogP contribution in [0, 0.1) is 0 Å². The molecule has 0 amide bonds. The maximum Gasteiger partial charge on any atom is 0.126 e. The van der Waals surface area contributed by atoms with E-state index in [9.17, 15) is 10.2 Å². The smallest absolute Gasteiger partial charge is 0.126 e. The predicted octanol–water partition coefficient (Wildman–Crippen LogP) is 1.66. The van der Waals surface area contributed by atoms with Crippen molar-refractivity contribution in [2.75, 3.05) is 6.54 Å². The molecule has 14 heavy (non-hydrogen) atoms. The second-order valence-electron chi connectivity index (χ2n) is 2.67. The summed E-state index contributed by atoms with van der Waals surface area (Å²) in [6.07, 6.45) is 0.224. The van der Waals surface area contributed by atoms with Gasteiger partial charge in [-0.15, -0.1) is 0 Å². The van der Waals surface area contributed by atoms with Gasteiger partial charge < -0.3 is 15.3 Å². The lowest BCUT2D eigenvalue weighted by Crippen LogP contribution is -1.90. The van der Waals surface area contributed by atoms with Gasteiger partial charge in [-0.25, -0.2) is 0 Å². The largest absolute Gasteiger partial charge is 0.508 e. The van der Waals surface area contributed by atoms with E-state index in [0.717, 1.165) is 12.1 Å². The van der Waals surface area contributed by atoms with E-state index in [-0.39, 0.29) is 35.8 Å². The molecule has 0 bridgehead atoms. The topological polar surface area (TPSA) is 109 Å². The van der Waals surface area contributed by atoms with Gasteiger partial charge in [0.1, 0.15) is 17.2 Å². The second kappa shape index (κ2) is 4.25. The standard InChI is InChI=1S/C8H9N3O3/c9-11-10-2-1-6-7(13)3-5(12)4-8(6)14/h3-4,12-14H,1-2H2. The van der Waals surface area contributed by atoms with Gasteiger partial charge in [-0.2, -0.15) is 0 Å². The van der Waals surface area contributed by atoms with Gasteiger partial charge in [0, 0.05) is 29.2 Å². The highest BCUT2D eigenvalue weighted by molar-refractivity contribution is 5.48. The van der Waals surface area contributed by atoms with Crippen molar-refractivity contribution in [1.82, 2.24) is 0 Å². The van der Waals surface area contributed by atoms with Crippen LogP contribution in [-0.4, -0.2) is 21.9 Å². The molecule has 0 saturated heterocycles. The van der Waals surface area contributed by atoms with Crippen molar-refractivity contribution in [3.63, 3.8) is 0 Å². The molecule has 0 fully saturated rings. The van der Waals surface area contributed by atoms with Crippen molar-refractivity contribution < 1.29 is 15.3 Å². The van der Waals surface area contributed by atoms with Gasteiger partial charge in [0.25, 0.3) is 0 Å². The Balaban J connectivity index is 2.90. The zero-order valence-electron chi connectivity index (χ0n) is 7.25. The highest BCUT2D eigenvalue weighted by atomic mass is 16.3. The average molecular weight is 195 g/mol. The molecular weight excluding hydrogens is 186 g/mol. The van der Waals surface area contributed by atoms with Crippen molar-refractivity contribution in [3.8, 4) is 17.2 Å². The van der Waals surface area contributed by atoms with Crippen molar-refractivity contribution in [3.05, 3.63) is 28.1 Å². The number of hydrogen-bond donors (Lipinski definition) is 3. The Morgan fingerprint density at radius 1 is 1.21 bits per heavy atom. The normalized spacial score (nSPS) is 9.43. The van der Waals surface area contributed by atoms with Gasteiger partial charge in [-0.1, -0.05) is 5.11 Å². The molecule has 1 rings (SSSR count). The molecule has 0 saturated carbocycles. The summed E-state index contributed by atoms with van der Waals surface area (Å²) in [5.41, 5.74) is 8.28. The molecular formula is C8H9N3O3. The number of phenolic OH excluding ortho intramolecular Hbond substituents is 3. The molecule has 0 heterocycles. The first kappa shape index (κ1) is 10.0. The first-order valence-electron chi connectivity index (χ1n) is 3.90. The second-order valence-corrected chi connectivity index (χ2v) is 2.67. The number of aromatic hydroxyl groups is 3. The Bertz CT molecular complexity index is 362. The van der Waals surface area contributed by atoms with Gasteiger partial charge in [0.05, 0.1) is 0 Å². The molecule has 0 atom stereocenters. The van der Waals surface area contributed by atoms with Crippen LogP contribution in [0.5, 0.6) is 17.2 Å². The molecule has 0 aliphatic rings. The Kier molecular flexibility index (Phi) is 3.04. The number of phenols is 3. The fourth-order valence-corrected chi connectivity index (χ4v) is 1.09. The maximum absolute atomic E-state index is 9.32. The van der Waals surface area contributed by atoms with Gasteiger partial charge in [0.15, 0.2) is 0 Å². The van der Waals surface area contributed by atoms with Crippen LogP contribution in [0.15, 0.2) is 17.2 Å². The number of nitrogens with zero attached hydrogens (tertiary/aromatic N) is 3. The van der Waals surface area contributed by atoms with Gasteiger partial charge in [-0.05, 0) is 12.0 Å². The van der Waals surface area contributed by atoms with E-state index in [1.165, 1.54) is 0 Å². The molecule has 0 aliphatic carbocycles. The molecule has 6 nitrogen and oxygen atoms in total. The molecule has 1 aromatic rings. The minimum atomic E-state index is -0.215. The van der Waals surface area contributed by atoms with E-state index in [1.54, 1.807) is 0 Å². The van der Waals surface area contributed by atoms with E-state index in [4.69, 9.17) is 10.6 Å². The highest BCUT2D eigenvalue weighted by Gasteiger charge is 2.08. The van der Waals surface area contributed by atoms with Crippen molar-refractivity contribution >= 4 is 0 Å². The molecule has 74 valence electrons. The van der Waals surface area contributed by atoms with Crippen LogP contribution in [0.4, 0.5) is 0 Å². The molecule has 3 N–H and O–H groups in total. The fourth-order valence-electron chi connectivity index (χ4n) is 1.09. The van der Waals surface area contributed by atoms with Gasteiger partial charge in [0.2, 0.25) is 0 Å². The van der Waals surface area contributed by atoms with Crippen LogP contribution in [0.1, 0.15) is 5.56 Å². The summed E-state index contributed by atoms with van der Waals surface area (Å²) in [4.78, 5) is 2.54. The van der Waals surface area contributed by atoms with E-state index < -0.39 is 0 Å². The first-order chi connectivity index (χ1) is 6.65. The maximum atomic E-state index is 9.32. The lowest BCUT2D eigenvalue weighted by Gasteiger charge is -2.05. The minimum absolute atomic E-state index is 0.141. The van der Waals surface area contributed by atoms with E-state index in [1.807, 2.05) is 0 Å². The summed E-state index contributed by atoms with van der Waals surface area (Å²) in [5.74, 6) is -0.640. The van der Waals surface area contributed by atoms with Crippen LogP contribution in [-0.2, 0) is 6.42 Å². The average Bonchev–Trinajstić information content (AvgIpc) is 2.09. The molecule has 6 heteroatoms. The minimum Gasteiger partial charge on any atom is -0.508 e. The summed E-state index contributed by atoms with van der Waals surface area (Å²) in [5, 5.41) is 30.9. The van der Waals surface area contributed by atoms with Crippen LogP contribution in [0.3, 0.4) is 0 Å². The van der Waals surface area contributed by atoms with Gasteiger partial charge in [-0.3, -0.25) is 0 Å². The van der Waals surface area contributed by atoms with E-state index >= 15 is 0 Å². The quantitative estimate of drug-likeness (QED) is 0.387. The Morgan fingerprint density at radius 3 is 2.29 bits per heavy atom. The molecule has 0 radical (unpaired) electrons. The summed E-state index contributed by atoms with van der Waals surface area (Å²) in [7, 11) is 0. The van der Waals surface area contributed by atoms with Crippen LogP contribution in [0.2, 0.25) is 0 Å². The third-order valence-corrected chi connectivity index (χ3v) is 1.71. The van der Waals surface area contributed by atoms with Crippen LogP contribution in [0.25, 0.3) is 10.4 Å². The summed E-state index contributed by atoms with van der Waals surface area (Å²) < 4.78 is 0. The van der Waals surface area contributed by atoms with E-state index in [0.29, 0.717) is 0 Å². The number of rotatable bonds is 3. The monoisotopic (exact) mass is 195 g/mol. The summed E-state index contributed by atoms with van der Waals surface area (Å²) in [6, 6.07) is 2.23. The SMILES string of the molecule is [N-]=[N+]=NCCc1c(O)cc(O)cc1O. The van der Waals surface area contributed by atoms with Crippen molar-refractivity contribution in [2.24, 2.45) is 5.11 Å². The molecule has 0 aromatic heterocycles. The Labute approximate surface area is 79.7 Å². The third kappa shape index (κ3) is 2.21. The zero-order valence-corrected chi connectivity index (χ0v) is 7.25. The Hall–Kier alpha value is -2.07. The number of azide groups is 1. The summed E-state index contributed by atoms with van der Waals surface area (Å²) >= 11 is 0. The predicted molar refractivity (Wildman–Crippen MR) is 49.2 cm³/mol.